The number of hydrogen-bond acceptors (Lipinski definition) is 1. The zero-order valence-electron chi connectivity index (χ0n) is 30.0. The number of aryl methyl sites for hydroxylation is 3. The lowest BCUT2D eigenvalue weighted by molar-refractivity contribution is -0.646. The molecule has 0 fully saturated rings. The molecule has 0 saturated carbocycles. The average Bonchev–Trinajstić information content (AvgIpc) is 3.31. The van der Waals surface area contributed by atoms with Crippen LogP contribution in [0.5, 0.6) is 0 Å². The van der Waals surface area contributed by atoms with E-state index in [1.54, 1.807) is 0 Å². The van der Waals surface area contributed by atoms with Crippen LogP contribution in [0.4, 0.5) is 0 Å². The van der Waals surface area contributed by atoms with Crippen LogP contribution in [0.15, 0.2) is 54.9 Å². The number of benzene rings is 4. The first-order valence-corrected chi connectivity index (χ1v) is 17.2. The third-order valence-electron chi connectivity index (χ3n) is 10.4. The predicted octanol–water partition coefficient (Wildman–Crippen LogP) is 11.5. The summed E-state index contributed by atoms with van der Waals surface area (Å²) in [6.07, 6.45) is 3.05. The molecule has 0 N–H and O–H groups in total. The van der Waals surface area contributed by atoms with Crippen molar-refractivity contribution in [3.63, 3.8) is 0 Å². The third kappa shape index (κ3) is 4.53. The van der Waals surface area contributed by atoms with Crippen molar-refractivity contribution in [3.8, 4) is 11.1 Å². The van der Waals surface area contributed by atoms with Gasteiger partial charge in [-0.15, -0.1) is 0 Å². The number of aromatic nitrogens is 3. The molecule has 236 valence electrons. The first-order valence-electron chi connectivity index (χ1n) is 17.2. The van der Waals surface area contributed by atoms with E-state index in [9.17, 15) is 0 Å². The van der Waals surface area contributed by atoms with Crippen molar-refractivity contribution < 1.29 is 4.57 Å². The maximum Gasteiger partial charge on any atom is 0.287 e. The number of rotatable bonds is 5. The highest BCUT2D eigenvalue weighted by Crippen LogP contribution is 2.46. The standard InChI is InChI=1S/C43H50N3/c1-23(2)29-17-31(24(3)4)38(32(18-29)25(5)6)30-19-34-40-36(20-30)46-35-15-13-14-28(21-43(9,10)11)39(35)33-16-26(7)27(8)37(41(33)46)42(40)45(12)22-44-34/h13-20,22-25H,21H2,1-12H3/q+1. The smallest absolute Gasteiger partial charge is 0.287 e. The van der Waals surface area contributed by atoms with Gasteiger partial charge in [0.2, 0.25) is 0 Å². The second-order valence-corrected chi connectivity index (χ2v) is 16.1. The molecule has 3 aromatic heterocycles. The molecule has 3 nitrogen and oxygen atoms in total. The summed E-state index contributed by atoms with van der Waals surface area (Å²) in [6.45, 7) is 25.6. The molecular formula is C43H50N3+. The molecule has 7 aromatic rings. The fraction of sp³-hybridized carbons (Fsp3) is 0.395. The van der Waals surface area contributed by atoms with E-state index in [4.69, 9.17) is 4.98 Å². The number of pyridine rings is 1. The zero-order chi connectivity index (χ0) is 33.0. The summed E-state index contributed by atoms with van der Waals surface area (Å²) in [5.74, 6) is 1.29. The summed E-state index contributed by atoms with van der Waals surface area (Å²) in [4.78, 5) is 5.13. The lowest BCUT2D eigenvalue weighted by atomic mass is 9.81. The van der Waals surface area contributed by atoms with Crippen LogP contribution < -0.4 is 4.57 Å². The summed E-state index contributed by atoms with van der Waals surface area (Å²) in [6, 6.07) is 19.2. The Morgan fingerprint density at radius 2 is 1.46 bits per heavy atom. The summed E-state index contributed by atoms with van der Waals surface area (Å²) >= 11 is 0. The molecule has 46 heavy (non-hydrogen) atoms. The van der Waals surface area contributed by atoms with Crippen LogP contribution >= 0.6 is 0 Å². The molecule has 0 unspecified atom stereocenters. The molecule has 0 aliphatic heterocycles. The zero-order valence-corrected chi connectivity index (χ0v) is 30.0. The van der Waals surface area contributed by atoms with Crippen LogP contribution in [0.3, 0.4) is 0 Å². The number of hydrogen-bond donors (Lipinski definition) is 0. The summed E-state index contributed by atoms with van der Waals surface area (Å²) in [5, 5.41) is 5.34. The van der Waals surface area contributed by atoms with Crippen LogP contribution in [0, 0.1) is 19.3 Å². The van der Waals surface area contributed by atoms with Gasteiger partial charge in [0.05, 0.1) is 34.4 Å². The molecule has 0 radical (unpaired) electrons. The molecule has 0 bridgehead atoms. The van der Waals surface area contributed by atoms with E-state index >= 15 is 0 Å². The summed E-state index contributed by atoms with van der Waals surface area (Å²) < 4.78 is 4.84. The fourth-order valence-electron chi connectivity index (χ4n) is 8.04. The molecule has 7 rings (SSSR count). The van der Waals surface area contributed by atoms with Gasteiger partial charge in [-0.05, 0) is 117 Å². The lowest BCUT2D eigenvalue weighted by Gasteiger charge is -2.24. The minimum atomic E-state index is 0.181. The van der Waals surface area contributed by atoms with Gasteiger partial charge >= 0.3 is 0 Å². The Bertz CT molecular complexity index is 2290. The van der Waals surface area contributed by atoms with Gasteiger partial charge in [-0.3, -0.25) is 0 Å². The van der Waals surface area contributed by atoms with E-state index in [1.165, 1.54) is 88.1 Å². The fourth-order valence-corrected chi connectivity index (χ4v) is 8.04. The van der Waals surface area contributed by atoms with Crippen molar-refractivity contribution in [1.29, 1.82) is 0 Å². The van der Waals surface area contributed by atoms with Gasteiger partial charge in [0.25, 0.3) is 6.33 Å². The van der Waals surface area contributed by atoms with Crippen LogP contribution in [0.25, 0.3) is 60.3 Å². The van der Waals surface area contributed by atoms with Gasteiger partial charge in [-0.1, -0.05) is 86.6 Å². The molecule has 3 heterocycles. The van der Waals surface area contributed by atoms with E-state index in [1.807, 2.05) is 6.33 Å². The first-order chi connectivity index (χ1) is 21.7. The van der Waals surface area contributed by atoms with Gasteiger partial charge in [0.15, 0.2) is 5.52 Å². The largest absolute Gasteiger partial charge is 0.307 e. The SMILES string of the molecule is Cc1cc2c3c(CC(C)(C)C)cccc3n3c4cc(-c5c(C(C)C)cc(C(C)C)cc5C(C)C)cc5nc[n+](C)c(c(c1C)c23)c54. The topological polar surface area (TPSA) is 21.2 Å². The van der Waals surface area contributed by atoms with E-state index < -0.39 is 0 Å². The monoisotopic (exact) mass is 608 g/mol. The van der Waals surface area contributed by atoms with Crippen molar-refractivity contribution in [2.24, 2.45) is 12.5 Å². The Balaban J connectivity index is 1.74. The van der Waals surface area contributed by atoms with E-state index in [-0.39, 0.29) is 5.41 Å². The van der Waals surface area contributed by atoms with Crippen LogP contribution in [0.1, 0.15) is 113 Å². The minimum Gasteiger partial charge on any atom is -0.307 e. The highest BCUT2D eigenvalue weighted by atomic mass is 15.0. The number of nitrogens with zero attached hydrogens (tertiary/aromatic N) is 3. The van der Waals surface area contributed by atoms with Crippen molar-refractivity contribution >= 4 is 49.1 Å². The van der Waals surface area contributed by atoms with Crippen LogP contribution in [-0.4, -0.2) is 9.38 Å². The van der Waals surface area contributed by atoms with Crippen molar-refractivity contribution in [2.45, 2.75) is 100 Å². The molecule has 0 aliphatic rings. The van der Waals surface area contributed by atoms with Gasteiger partial charge in [0.1, 0.15) is 5.52 Å². The Kier molecular flexibility index (Phi) is 7.01. The van der Waals surface area contributed by atoms with Crippen LogP contribution in [0.2, 0.25) is 0 Å². The highest BCUT2D eigenvalue weighted by Gasteiger charge is 2.28. The summed E-state index contributed by atoms with van der Waals surface area (Å²) in [5.41, 5.74) is 17.4. The normalized spacial score (nSPS) is 13.0. The quantitative estimate of drug-likeness (QED) is 0.108. The molecule has 0 aliphatic carbocycles. The lowest BCUT2D eigenvalue weighted by Crippen LogP contribution is -2.30. The maximum atomic E-state index is 5.13. The Morgan fingerprint density at radius 3 is 2.07 bits per heavy atom. The van der Waals surface area contributed by atoms with Crippen molar-refractivity contribution in [2.75, 3.05) is 0 Å². The minimum absolute atomic E-state index is 0.181. The predicted molar refractivity (Wildman–Crippen MR) is 198 cm³/mol. The van der Waals surface area contributed by atoms with Gasteiger partial charge < -0.3 is 4.40 Å². The highest BCUT2D eigenvalue weighted by molar-refractivity contribution is 6.26. The van der Waals surface area contributed by atoms with Crippen molar-refractivity contribution in [3.05, 3.63) is 88.2 Å². The second kappa shape index (κ2) is 10.5. The Morgan fingerprint density at radius 1 is 0.783 bits per heavy atom. The molecule has 4 aromatic carbocycles. The van der Waals surface area contributed by atoms with Gasteiger partial charge in [-0.2, -0.15) is 0 Å². The van der Waals surface area contributed by atoms with E-state index in [0.717, 1.165) is 11.9 Å². The molecular weight excluding hydrogens is 558 g/mol. The van der Waals surface area contributed by atoms with E-state index in [0.29, 0.717) is 17.8 Å². The van der Waals surface area contributed by atoms with Crippen molar-refractivity contribution in [1.82, 2.24) is 9.38 Å². The van der Waals surface area contributed by atoms with E-state index in [2.05, 4.69) is 141 Å². The van der Waals surface area contributed by atoms with Crippen LogP contribution in [-0.2, 0) is 13.5 Å². The van der Waals surface area contributed by atoms with Gasteiger partial charge in [-0.25, -0.2) is 4.57 Å². The summed E-state index contributed by atoms with van der Waals surface area (Å²) in [7, 11) is 2.16. The second-order valence-electron chi connectivity index (χ2n) is 16.1. The third-order valence-corrected chi connectivity index (χ3v) is 10.4. The average molecular weight is 609 g/mol. The molecule has 0 atom stereocenters. The molecule has 0 saturated heterocycles. The Hall–Kier alpha value is -3.98. The van der Waals surface area contributed by atoms with Gasteiger partial charge in [0, 0.05) is 10.8 Å². The molecule has 0 amide bonds. The first kappa shape index (κ1) is 30.7. The number of fused-ring (bicyclic) bond motifs is 5. The Labute approximate surface area is 274 Å². The molecule has 0 spiro atoms. The maximum absolute atomic E-state index is 5.13. The molecule has 3 heteroatoms.